The van der Waals surface area contributed by atoms with Crippen LogP contribution < -0.4 is 10.6 Å². The fourth-order valence-electron chi connectivity index (χ4n) is 3.28. The van der Waals surface area contributed by atoms with Crippen LogP contribution >= 0.6 is 0 Å². The first kappa shape index (κ1) is 19.0. The highest BCUT2D eigenvalue weighted by molar-refractivity contribution is 5.83. The number of benzene rings is 1. The smallest absolute Gasteiger partial charge is 0.345 e. The second-order valence-corrected chi connectivity index (χ2v) is 7.17. The van der Waals surface area contributed by atoms with Crippen molar-refractivity contribution < 1.29 is 31.1 Å². The van der Waals surface area contributed by atoms with E-state index in [1.54, 1.807) is 0 Å². The van der Waals surface area contributed by atoms with Gasteiger partial charge < -0.3 is 10.6 Å². The fraction of sp³-hybridized carbons (Fsp3) is 0.588. The van der Waals surface area contributed by atoms with Crippen LogP contribution in [0, 0.1) is 5.92 Å². The first-order chi connectivity index (χ1) is 11.9. The van der Waals surface area contributed by atoms with Gasteiger partial charge in [-0.25, -0.2) is 0 Å². The Hall–Kier alpha value is -1.77. The van der Waals surface area contributed by atoms with E-state index < -0.39 is 41.0 Å². The molecule has 0 unspecified atom stereocenters. The van der Waals surface area contributed by atoms with Gasteiger partial charge in [-0.2, -0.15) is 26.3 Å². The molecular formula is C17H18F6N2O. The van der Waals surface area contributed by atoms with E-state index >= 15 is 0 Å². The Bertz CT molecular complexity index is 676. The largest absolute Gasteiger partial charge is 0.416 e. The highest BCUT2D eigenvalue weighted by atomic mass is 19.4. The summed E-state index contributed by atoms with van der Waals surface area (Å²) < 4.78 is 78.2. The Balaban J connectivity index is 1.91. The van der Waals surface area contributed by atoms with Crippen molar-refractivity contribution in [2.75, 3.05) is 6.54 Å². The molecule has 26 heavy (non-hydrogen) atoms. The maximum atomic E-state index is 13.0. The number of nitrogens with one attached hydrogen (secondary N) is 2. The topological polar surface area (TPSA) is 41.1 Å². The van der Waals surface area contributed by atoms with Gasteiger partial charge in [-0.05, 0) is 55.5 Å². The van der Waals surface area contributed by atoms with E-state index in [0.29, 0.717) is 37.9 Å². The monoisotopic (exact) mass is 380 g/mol. The molecular weight excluding hydrogens is 362 g/mol. The molecule has 0 bridgehead atoms. The second-order valence-electron chi connectivity index (χ2n) is 7.17. The highest BCUT2D eigenvalue weighted by Crippen LogP contribution is 2.48. The van der Waals surface area contributed by atoms with Gasteiger partial charge in [0.15, 0.2) is 0 Å². The molecule has 1 saturated carbocycles. The van der Waals surface area contributed by atoms with Crippen LogP contribution in [-0.2, 0) is 22.7 Å². The van der Waals surface area contributed by atoms with Crippen LogP contribution in [0.15, 0.2) is 18.2 Å². The highest BCUT2D eigenvalue weighted by Gasteiger charge is 2.49. The number of rotatable bonds is 3. The van der Waals surface area contributed by atoms with Gasteiger partial charge in [0.2, 0.25) is 5.91 Å². The number of hydrogen-bond acceptors (Lipinski definition) is 2. The molecule has 0 aromatic heterocycles. The minimum absolute atomic E-state index is 0.0988. The first-order valence-electron chi connectivity index (χ1n) is 8.26. The van der Waals surface area contributed by atoms with E-state index in [1.165, 1.54) is 0 Å². The van der Waals surface area contributed by atoms with Crippen LogP contribution in [0.5, 0.6) is 0 Å². The summed E-state index contributed by atoms with van der Waals surface area (Å²) in [4.78, 5) is 12.4. The van der Waals surface area contributed by atoms with Gasteiger partial charge in [-0.15, -0.1) is 0 Å². The lowest BCUT2D eigenvalue weighted by atomic mass is 9.97. The lowest BCUT2D eigenvalue weighted by molar-refractivity contribution is -0.143. The van der Waals surface area contributed by atoms with Gasteiger partial charge in [-0.1, -0.05) is 6.92 Å². The normalized spacial score (nSPS) is 25.2. The molecule has 1 saturated heterocycles. The molecule has 2 atom stereocenters. The maximum Gasteiger partial charge on any atom is 0.416 e. The van der Waals surface area contributed by atoms with Crippen molar-refractivity contribution in [2.45, 2.75) is 50.1 Å². The van der Waals surface area contributed by atoms with Crippen molar-refractivity contribution in [2.24, 2.45) is 5.92 Å². The van der Waals surface area contributed by atoms with Crippen molar-refractivity contribution in [3.8, 4) is 0 Å². The fourth-order valence-corrected chi connectivity index (χ4v) is 3.28. The Morgan fingerprint density at radius 3 is 2.00 bits per heavy atom. The first-order valence-corrected chi connectivity index (χ1v) is 8.26. The number of halogens is 6. The molecule has 9 heteroatoms. The standard InChI is InChI=1S/C17H18F6N2O/c1-9-4-13(24-8-9)14(26)25-15(2-3-15)10-5-11(16(18,19)20)7-12(6-10)17(21,22)23/h5-7,9,13,24H,2-4,8H2,1H3,(H,25,26)/t9-,13-/m1/s1. The molecule has 1 aromatic rings. The average Bonchev–Trinajstić information content (AvgIpc) is 3.17. The lowest BCUT2D eigenvalue weighted by Crippen LogP contribution is -2.45. The predicted molar refractivity (Wildman–Crippen MR) is 81.1 cm³/mol. The van der Waals surface area contributed by atoms with E-state index in [2.05, 4.69) is 10.6 Å². The summed E-state index contributed by atoms with van der Waals surface area (Å²) >= 11 is 0. The van der Waals surface area contributed by atoms with E-state index in [0.717, 1.165) is 0 Å². The van der Waals surface area contributed by atoms with Crippen molar-refractivity contribution in [3.63, 3.8) is 0 Å². The number of alkyl halides is 6. The quantitative estimate of drug-likeness (QED) is 0.783. The van der Waals surface area contributed by atoms with Crippen LogP contribution in [-0.4, -0.2) is 18.5 Å². The van der Waals surface area contributed by atoms with Crippen LogP contribution in [0.2, 0.25) is 0 Å². The summed E-state index contributed by atoms with van der Waals surface area (Å²) in [7, 11) is 0. The number of carbonyl (C=O) groups excluding carboxylic acids is 1. The number of amides is 1. The summed E-state index contributed by atoms with van der Waals surface area (Å²) in [6.07, 6.45) is -8.62. The summed E-state index contributed by atoms with van der Waals surface area (Å²) in [5.74, 6) is -0.107. The Kier molecular flexibility index (Phi) is 4.49. The van der Waals surface area contributed by atoms with Crippen LogP contribution in [0.3, 0.4) is 0 Å². The van der Waals surface area contributed by atoms with Gasteiger partial charge in [-0.3, -0.25) is 4.79 Å². The lowest BCUT2D eigenvalue weighted by Gasteiger charge is -2.23. The third-order valence-corrected chi connectivity index (χ3v) is 4.92. The Morgan fingerprint density at radius 2 is 1.62 bits per heavy atom. The van der Waals surface area contributed by atoms with Crippen molar-refractivity contribution in [1.82, 2.24) is 10.6 Å². The van der Waals surface area contributed by atoms with Crippen molar-refractivity contribution >= 4 is 5.91 Å². The minimum Gasteiger partial charge on any atom is -0.345 e. The summed E-state index contributed by atoms with van der Waals surface area (Å²) in [6.45, 7) is 2.60. The average molecular weight is 380 g/mol. The third-order valence-electron chi connectivity index (χ3n) is 4.92. The molecule has 3 nitrogen and oxygen atoms in total. The molecule has 144 valence electrons. The van der Waals surface area contributed by atoms with E-state index in [4.69, 9.17) is 0 Å². The molecule has 1 aromatic carbocycles. The number of hydrogen-bond donors (Lipinski definition) is 2. The SMILES string of the molecule is C[C@H]1CN[C@@H](C(=O)NC2(c3cc(C(F)(F)F)cc(C(F)(F)F)c3)CC2)C1. The molecule has 2 aliphatic rings. The predicted octanol–water partition coefficient (Wildman–Crippen LogP) is 3.83. The zero-order valence-electron chi connectivity index (χ0n) is 13.9. The Morgan fingerprint density at radius 1 is 1.08 bits per heavy atom. The Labute approximate surface area is 146 Å². The maximum absolute atomic E-state index is 13.0. The molecule has 2 fully saturated rings. The van der Waals surface area contributed by atoms with E-state index in [1.807, 2.05) is 6.92 Å². The molecule has 1 aliphatic heterocycles. The molecule has 1 aliphatic carbocycles. The van der Waals surface area contributed by atoms with Crippen LogP contribution in [0.4, 0.5) is 26.3 Å². The van der Waals surface area contributed by atoms with E-state index in [-0.39, 0.29) is 17.5 Å². The molecule has 0 spiro atoms. The minimum atomic E-state index is -4.90. The molecule has 2 N–H and O–H groups in total. The third kappa shape index (κ3) is 3.82. The summed E-state index contributed by atoms with van der Waals surface area (Å²) in [5, 5.41) is 5.67. The zero-order chi connectivity index (χ0) is 19.3. The molecule has 3 rings (SSSR count). The molecule has 1 heterocycles. The van der Waals surface area contributed by atoms with Gasteiger partial charge >= 0.3 is 12.4 Å². The van der Waals surface area contributed by atoms with Gasteiger partial charge in [0.05, 0.1) is 22.7 Å². The second kappa shape index (κ2) is 6.14. The van der Waals surface area contributed by atoms with Crippen LogP contribution in [0.1, 0.15) is 42.9 Å². The zero-order valence-corrected chi connectivity index (χ0v) is 13.9. The van der Waals surface area contributed by atoms with Gasteiger partial charge in [0, 0.05) is 0 Å². The molecule has 1 amide bonds. The van der Waals surface area contributed by atoms with Crippen LogP contribution in [0.25, 0.3) is 0 Å². The van der Waals surface area contributed by atoms with Crippen molar-refractivity contribution in [1.29, 1.82) is 0 Å². The van der Waals surface area contributed by atoms with Crippen molar-refractivity contribution in [3.05, 3.63) is 34.9 Å². The van der Waals surface area contributed by atoms with Gasteiger partial charge in [0.25, 0.3) is 0 Å². The van der Waals surface area contributed by atoms with Gasteiger partial charge in [0.1, 0.15) is 0 Å². The summed E-state index contributed by atoms with van der Waals surface area (Å²) in [5.41, 5.74) is -4.05. The number of carbonyl (C=O) groups is 1. The molecule has 0 radical (unpaired) electrons. The summed E-state index contributed by atoms with van der Waals surface area (Å²) in [6, 6.07) is 1.03. The van der Waals surface area contributed by atoms with E-state index in [9.17, 15) is 31.1 Å².